The minimum absolute atomic E-state index is 0.113. The molecule has 1 aliphatic rings. The maximum atomic E-state index is 14.6. The van der Waals surface area contributed by atoms with E-state index in [0.717, 1.165) is 23.1 Å². The number of alkyl halides is 1. The average molecular weight is 301 g/mol. The summed E-state index contributed by atoms with van der Waals surface area (Å²) in [5.41, 5.74) is 3.09. The first-order chi connectivity index (χ1) is 10.7. The minimum Gasteiger partial charge on any atom is -0.504 e. The zero-order valence-electron chi connectivity index (χ0n) is 12.6. The van der Waals surface area contributed by atoms with Crippen LogP contribution in [0.4, 0.5) is 4.39 Å². The number of nitrogens with zero attached hydrogens (tertiary/aromatic N) is 1. The van der Waals surface area contributed by atoms with Gasteiger partial charge in [0.25, 0.3) is 0 Å². The highest BCUT2D eigenvalue weighted by Gasteiger charge is 2.24. The van der Waals surface area contributed by atoms with Crippen molar-refractivity contribution in [3.8, 4) is 11.5 Å². The number of methoxy groups -OCH3 is 1. The molecule has 0 spiro atoms. The van der Waals surface area contributed by atoms with Gasteiger partial charge in [-0.25, -0.2) is 4.39 Å². The SMILES string of the molecule is COc1cc2c(cc1O)CN(C(F)Cc1ccccc1)CC2. The lowest BCUT2D eigenvalue weighted by Gasteiger charge is -2.31. The van der Waals surface area contributed by atoms with E-state index >= 15 is 0 Å². The molecular weight excluding hydrogens is 281 g/mol. The number of hydrogen-bond acceptors (Lipinski definition) is 3. The molecular formula is C18H20FNO2. The maximum absolute atomic E-state index is 14.6. The van der Waals surface area contributed by atoms with Crippen molar-refractivity contribution in [3.63, 3.8) is 0 Å². The monoisotopic (exact) mass is 301 g/mol. The summed E-state index contributed by atoms with van der Waals surface area (Å²) in [6, 6.07) is 13.2. The van der Waals surface area contributed by atoms with Crippen LogP contribution in [0.2, 0.25) is 0 Å². The van der Waals surface area contributed by atoms with Crippen LogP contribution in [-0.4, -0.2) is 30.0 Å². The van der Waals surface area contributed by atoms with Crippen molar-refractivity contribution in [1.29, 1.82) is 0 Å². The van der Waals surface area contributed by atoms with Gasteiger partial charge in [-0.05, 0) is 35.2 Å². The fraction of sp³-hybridized carbons (Fsp3) is 0.333. The number of aromatic hydroxyl groups is 1. The highest BCUT2D eigenvalue weighted by atomic mass is 19.1. The first-order valence-electron chi connectivity index (χ1n) is 7.48. The van der Waals surface area contributed by atoms with Crippen molar-refractivity contribution in [1.82, 2.24) is 4.90 Å². The van der Waals surface area contributed by atoms with Gasteiger partial charge in [-0.1, -0.05) is 30.3 Å². The topological polar surface area (TPSA) is 32.7 Å². The van der Waals surface area contributed by atoms with Gasteiger partial charge in [0.2, 0.25) is 0 Å². The molecule has 0 aliphatic carbocycles. The van der Waals surface area contributed by atoms with Crippen molar-refractivity contribution in [2.24, 2.45) is 0 Å². The van der Waals surface area contributed by atoms with Crippen LogP contribution in [0.15, 0.2) is 42.5 Å². The molecule has 4 heteroatoms. The van der Waals surface area contributed by atoms with Crippen molar-refractivity contribution in [2.75, 3.05) is 13.7 Å². The zero-order valence-corrected chi connectivity index (χ0v) is 12.6. The lowest BCUT2D eigenvalue weighted by atomic mass is 9.98. The quantitative estimate of drug-likeness (QED) is 0.880. The molecule has 1 atom stereocenters. The molecule has 0 radical (unpaired) electrons. The van der Waals surface area contributed by atoms with Gasteiger partial charge in [0, 0.05) is 19.5 Å². The van der Waals surface area contributed by atoms with E-state index in [1.807, 2.05) is 41.3 Å². The molecule has 1 N–H and O–H groups in total. The molecule has 2 aromatic carbocycles. The third-order valence-corrected chi connectivity index (χ3v) is 4.19. The van der Waals surface area contributed by atoms with Gasteiger partial charge in [0.05, 0.1) is 7.11 Å². The van der Waals surface area contributed by atoms with Gasteiger partial charge in [0.15, 0.2) is 17.8 Å². The number of ether oxygens (including phenoxy) is 1. The molecule has 3 rings (SSSR count). The third-order valence-electron chi connectivity index (χ3n) is 4.19. The summed E-state index contributed by atoms with van der Waals surface area (Å²) in [4.78, 5) is 1.82. The molecule has 0 fully saturated rings. The van der Waals surface area contributed by atoms with Crippen LogP contribution in [-0.2, 0) is 19.4 Å². The lowest BCUT2D eigenvalue weighted by molar-refractivity contribution is 0.0697. The largest absolute Gasteiger partial charge is 0.504 e. The fourth-order valence-corrected chi connectivity index (χ4v) is 2.94. The number of hydrogen-bond donors (Lipinski definition) is 1. The number of phenolic OH excluding ortho intramolecular Hbond substituents is 1. The van der Waals surface area contributed by atoms with Gasteiger partial charge in [-0.2, -0.15) is 0 Å². The van der Waals surface area contributed by atoms with Crippen molar-refractivity contribution in [3.05, 3.63) is 59.2 Å². The number of phenols is 1. The summed E-state index contributed by atoms with van der Waals surface area (Å²) in [7, 11) is 1.54. The van der Waals surface area contributed by atoms with Gasteiger partial charge >= 0.3 is 0 Å². The van der Waals surface area contributed by atoms with Crippen LogP contribution < -0.4 is 4.74 Å². The van der Waals surface area contributed by atoms with Crippen molar-refractivity contribution >= 4 is 0 Å². The second kappa shape index (κ2) is 6.36. The third kappa shape index (κ3) is 3.07. The van der Waals surface area contributed by atoms with E-state index in [0.29, 0.717) is 25.3 Å². The van der Waals surface area contributed by atoms with Gasteiger partial charge in [-0.15, -0.1) is 0 Å². The lowest BCUT2D eigenvalue weighted by Crippen LogP contribution is -2.38. The van der Waals surface area contributed by atoms with Crippen LogP contribution in [0, 0.1) is 0 Å². The summed E-state index contributed by atoms with van der Waals surface area (Å²) < 4.78 is 19.7. The Bertz CT molecular complexity index is 645. The smallest absolute Gasteiger partial charge is 0.160 e. The van der Waals surface area contributed by atoms with Gasteiger partial charge < -0.3 is 9.84 Å². The molecule has 0 amide bonds. The summed E-state index contributed by atoms with van der Waals surface area (Å²) in [5.74, 6) is 0.592. The van der Waals surface area contributed by atoms with Crippen LogP contribution in [0.25, 0.3) is 0 Å². The molecule has 0 saturated carbocycles. The average Bonchev–Trinajstić information content (AvgIpc) is 2.54. The molecule has 0 bridgehead atoms. The molecule has 22 heavy (non-hydrogen) atoms. The van der Waals surface area contributed by atoms with Crippen LogP contribution in [0.3, 0.4) is 0 Å². The fourth-order valence-electron chi connectivity index (χ4n) is 2.94. The minimum atomic E-state index is -1.01. The predicted octanol–water partition coefficient (Wildman–Crippen LogP) is 3.30. The molecule has 0 aromatic heterocycles. The van der Waals surface area contributed by atoms with E-state index in [9.17, 15) is 9.50 Å². The molecule has 1 aliphatic heterocycles. The van der Waals surface area contributed by atoms with E-state index in [4.69, 9.17) is 4.74 Å². The molecule has 0 saturated heterocycles. The van der Waals surface area contributed by atoms with Gasteiger partial charge in [0.1, 0.15) is 0 Å². The van der Waals surface area contributed by atoms with E-state index in [1.54, 1.807) is 6.07 Å². The number of halogens is 1. The molecule has 1 unspecified atom stereocenters. The molecule has 116 valence electrons. The molecule has 3 nitrogen and oxygen atoms in total. The Hall–Kier alpha value is -2.07. The number of rotatable bonds is 4. The number of benzene rings is 2. The first kappa shape index (κ1) is 14.9. The van der Waals surface area contributed by atoms with Crippen molar-refractivity contribution in [2.45, 2.75) is 25.7 Å². The number of fused-ring (bicyclic) bond motifs is 1. The Kier molecular flexibility index (Phi) is 4.29. The summed E-state index contributed by atoms with van der Waals surface area (Å²) in [5, 5.41) is 9.89. The summed E-state index contributed by atoms with van der Waals surface area (Å²) in [6.07, 6.45) is 0.138. The highest BCUT2D eigenvalue weighted by molar-refractivity contribution is 5.47. The van der Waals surface area contributed by atoms with E-state index in [1.165, 1.54) is 7.11 Å². The Morgan fingerprint density at radius 1 is 1.23 bits per heavy atom. The van der Waals surface area contributed by atoms with Crippen LogP contribution in [0.1, 0.15) is 16.7 Å². The highest BCUT2D eigenvalue weighted by Crippen LogP contribution is 2.33. The van der Waals surface area contributed by atoms with Crippen LogP contribution >= 0.6 is 0 Å². The summed E-state index contributed by atoms with van der Waals surface area (Å²) in [6.45, 7) is 1.19. The Balaban J connectivity index is 1.72. The predicted molar refractivity (Wildman–Crippen MR) is 83.8 cm³/mol. The van der Waals surface area contributed by atoms with E-state index < -0.39 is 6.30 Å². The van der Waals surface area contributed by atoms with E-state index in [-0.39, 0.29) is 5.75 Å². The molecule has 2 aromatic rings. The van der Waals surface area contributed by atoms with Crippen molar-refractivity contribution < 1.29 is 14.2 Å². The molecule has 1 heterocycles. The van der Waals surface area contributed by atoms with Crippen LogP contribution in [0.5, 0.6) is 11.5 Å². The Morgan fingerprint density at radius 3 is 2.73 bits per heavy atom. The standard InChI is InChI=1S/C18H20FNO2/c1-22-17-11-14-7-8-20(12-15(14)10-16(17)21)18(19)9-13-5-3-2-4-6-13/h2-6,10-11,18,21H,7-9,12H2,1H3. The first-order valence-corrected chi connectivity index (χ1v) is 7.48. The second-order valence-electron chi connectivity index (χ2n) is 5.64. The second-order valence-corrected chi connectivity index (χ2v) is 5.64. The Morgan fingerprint density at radius 2 is 2.00 bits per heavy atom. The van der Waals surface area contributed by atoms with Gasteiger partial charge in [-0.3, -0.25) is 4.90 Å². The normalized spacial score (nSPS) is 16.1. The summed E-state index contributed by atoms with van der Waals surface area (Å²) >= 11 is 0. The maximum Gasteiger partial charge on any atom is 0.160 e. The Labute approximate surface area is 130 Å². The zero-order chi connectivity index (χ0) is 15.5. The van der Waals surface area contributed by atoms with E-state index in [2.05, 4.69) is 0 Å².